The fourth-order valence-corrected chi connectivity index (χ4v) is 2.53. The van der Waals surface area contributed by atoms with Crippen LogP contribution in [0.4, 0.5) is 14.5 Å². The van der Waals surface area contributed by atoms with Crippen LogP contribution in [0.25, 0.3) is 0 Å². The molecule has 0 saturated carbocycles. The van der Waals surface area contributed by atoms with Gasteiger partial charge in [0, 0.05) is 6.54 Å². The number of para-hydroxylation sites is 2. The van der Waals surface area contributed by atoms with Gasteiger partial charge >= 0.3 is 6.61 Å². The van der Waals surface area contributed by atoms with Crippen LogP contribution >= 0.6 is 23.2 Å². The van der Waals surface area contributed by atoms with Crippen LogP contribution in [-0.2, 0) is 11.3 Å². The number of anilines is 1. The van der Waals surface area contributed by atoms with Crippen LogP contribution in [0.2, 0.25) is 10.0 Å². The molecule has 4 nitrogen and oxygen atoms in total. The molecule has 0 aliphatic heterocycles. The smallest absolute Gasteiger partial charge is 0.387 e. The molecule has 1 amide bonds. The van der Waals surface area contributed by atoms with Gasteiger partial charge in [0.15, 0.2) is 0 Å². The van der Waals surface area contributed by atoms with Gasteiger partial charge in [-0.05, 0) is 36.9 Å². The van der Waals surface area contributed by atoms with Gasteiger partial charge in [-0.1, -0.05) is 41.4 Å². The Bertz CT molecular complexity index is 744. The third-order valence-corrected chi connectivity index (χ3v) is 3.97. The van der Waals surface area contributed by atoms with Crippen LogP contribution in [0.3, 0.4) is 0 Å². The minimum absolute atomic E-state index is 0.0588. The lowest BCUT2D eigenvalue weighted by atomic mass is 10.2. The molecule has 0 saturated heterocycles. The third-order valence-electron chi connectivity index (χ3n) is 3.23. The molecule has 8 heteroatoms. The lowest BCUT2D eigenvalue weighted by Crippen LogP contribution is -2.30. The lowest BCUT2D eigenvalue weighted by Gasteiger charge is -2.17. The van der Waals surface area contributed by atoms with Gasteiger partial charge in [-0.3, -0.25) is 9.69 Å². The molecule has 0 bridgehead atoms. The van der Waals surface area contributed by atoms with Gasteiger partial charge in [-0.15, -0.1) is 0 Å². The van der Waals surface area contributed by atoms with Gasteiger partial charge in [0.1, 0.15) is 5.75 Å². The van der Waals surface area contributed by atoms with Crippen molar-refractivity contribution in [3.05, 3.63) is 58.1 Å². The maximum atomic E-state index is 12.4. The molecule has 25 heavy (non-hydrogen) atoms. The quantitative estimate of drug-likeness (QED) is 0.749. The number of rotatable bonds is 7. The molecular weight excluding hydrogens is 373 g/mol. The van der Waals surface area contributed by atoms with Gasteiger partial charge in [0.05, 0.1) is 22.3 Å². The summed E-state index contributed by atoms with van der Waals surface area (Å²) in [7, 11) is 1.75. The highest BCUT2D eigenvalue weighted by Gasteiger charge is 2.13. The largest absolute Gasteiger partial charge is 0.433 e. The molecule has 0 unspecified atom stereocenters. The van der Waals surface area contributed by atoms with Crippen molar-refractivity contribution in [1.29, 1.82) is 0 Å². The summed E-state index contributed by atoms with van der Waals surface area (Å²) in [4.78, 5) is 13.9. The highest BCUT2D eigenvalue weighted by Crippen LogP contribution is 2.25. The summed E-state index contributed by atoms with van der Waals surface area (Å²) in [5, 5.41) is 3.47. The molecule has 0 atom stereocenters. The second-order valence-electron chi connectivity index (χ2n) is 5.34. The first-order chi connectivity index (χ1) is 11.8. The number of nitrogens with one attached hydrogen (secondary N) is 1. The van der Waals surface area contributed by atoms with E-state index in [1.54, 1.807) is 36.2 Å². The summed E-state index contributed by atoms with van der Waals surface area (Å²) in [6.45, 7) is -2.43. The number of hydrogen-bond acceptors (Lipinski definition) is 3. The molecule has 0 radical (unpaired) electrons. The molecule has 2 aromatic carbocycles. The summed E-state index contributed by atoms with van der Waals surface area (Å²) in [5.74, 6) is -0.439. The summed E-state index contributed by atoms with van der Waals surface area (Å²) < 4.78 is 29.2. The van der Waals surface area contributed by atoms with Crippen LogP contribution in [0.1, 0.15) is 5.56 Å². The van der Waals surface area contributed by atoms with Crippen molar-refractivity contribution in [3.8, 4) is 5.75 Å². The van der Waals surface area contributed by atoms with E-state index in [1.165, 1.54) is 12.1 Å². The molecule has 2 aromatic rings. The van der Waals surface area contributed by atoms with Crippen molar-refractivity contribution in [2.75, 3.05) is 18.9 Å². The van der Waals surface area contributed by atoms with E-state index in [4.69, 9.17) is 23.2 Å². The second-order valence-corrected chi connectivity index (χ2v) is 6.16. The number of carbonyl (C=O) groups excluding carboxylic acids is 1. The molecule has 0 aliphatic carbocycles. The number of alkyl halides is 2. The Morgan fingerprint density at radius 3 is 2.60 bits per heavy atom. The van der Waals surface area contributed by atoms with Crippen molar-refractivity contribution < 1.29 is 18.3 Å². The topological polar surface area (TPSA) is 41.6 Å². The fraction of sp³-hybridized carbons (Fsp3) is 0.235. The Morgan fingerprint density at radius 2 is 1.92 bits per heavy atom. The minimum Gasteiger partial charge on any atom is -0.433 e. The number of nitrogens with zero attached hydrogens (tertiary/aromatic N) is 1. The Hall–Kier alpha value is -1.89. The van der Waals surface area contributed by atoms with Crippen LogP contribution in [0, 0.1) is 0 Å². The van der Waals surface area contributed by atoms with Gasteiger partial charge in [-0.2, -0.15) is 8.78 Å². The third kappa shape index (κ3) is 6.16. The first-order valence-corrected chi connectivity index (χ1v) is 8.07. The van der Waals surface area contributed by atoms with Crippen molar-refractivity contribution in [2.24, 2.45) is 0 Å². The number of hydrogen-bond donors (Lipinski definition) is 1. The monoisotopic (exact) mass is 388 g/mol. The van der Waals surface area contributed by atoms with Crippen molar-refractivity contribution in [2.45, 2.75) is 13.2 Å². The normalized spacial score (nSPS) is 11.0. The van der Waals surface area contributed by atoms with E-state index in [0.29, 0.717) is 16.6 Å². The molecule has 0 heterocycles. The number of carbonyl (C=O) groups is 1. The number of halogens is 4. The zero-order valence-electron chi connectivity index (χ0n) is 13.3. The SMILES string of the molecule is CN(CC(=O)Nc1ccccc1OC(F)F)Cc1ccc(Cl)c(Cl)c1. The Balaban J connectivity index is 1.94. The molecule has 0 fully saturated rings. The fourth-order valence-electron chi connectivity index (χ4n) is 2.21. The first-order valence-electron chi connectivity index (χ1n) is 7.31. The van der Waals surface area contributed by atoms with Gasteiger partial charge < -0.3 is 10.1 Å². The van der Waals surface area contributed by atoms with Gasteiger partial charge in [0.2, 0.25) is 5.91 Å². The predicted molar refractivity (Wildman–Crippen MR) is 94.5 cm³/mol. The number of likely N-dealkylation sites (N-methyl/N-ethyl adjacent to an activating group) is 1. The maximum absolute atomic E-state index is 12.4. The average Bonchev–Trinajstić information content (AvgIpc) is 2.52. The van der Waals surface area contributed by atoms with Crippen LogP contribution in [0.5, 0.6) is 5.75 Å². The highest BCUT2D eigenvalue weighted by atomic mass is 35.5. The summed E-state index contributed by atoms with van der Waals surface area (Å²) in [6, 6.07) is 11.2. The molecule has 0 aliphatic rings. The number of ether oxygens (including phenoxy) is 1. The van der Waals surface area contributed by atoms with E-state index in [9.17, 15) is 13.6 Å². The van der Waals surface area contributed by atoms with Crippen LogP contribution in [0.15, 0.2) is 42.5 Å². The van der Waals surface area contributed by atoms with Gasteiger partial charge in [-0.25, -0.2) is 0 Å². The van der Waals surface area contributed by atoms with Crippen LogP contribution < -0.4 is 10.1 Å². The lowest BCUT2D eigenvalue weighted by molar-refractivity contribution is -0.117. The Kier molecular flexibility index (Phi) is 6.99. The maximum Gasteiger partial charge on any atom is 0.387 e. The zero-order chi connectivity index (χ0) is 18.4. The molecule has 0 aromatic heterocycles. The van der Waals surface area contributed by atoms with Crippen LogP contribution in [-0.4, -0.2) is 31.0 Å². The molecule has 0 spiro atoms. The van der Waals surface area contributed by atoms with Crippen molar-refractivity contribution >= 4 is 34.8 Å². The summed E-state index contributed by atoms with van der Waals surface area (Å²) >= 11 is 11.8. The number of benzene rings is 2. The van der Waals surface area contributed by atoms with E-state index >= 15 is 0 Å². The van der Waals surface area contributed by atoms with Gasteiger partial charge in [0.25, 0.3) is 0 Å². The van der Waals surface area contributed by atoms with E-state index in [1.807, 2.05) is 6.07 Å². The molecule has 134 valence electrons. The van der Waals surface area contributed by atoms with Crippen molar-refractivity contribution in [1.82, 2.24) is 4.90 Å². The van der Waals surface area contributed by atoms with Crippen molar-refractivity contribution in [3.63, 3.8) is 0 Å². The average molecular weight is 389 g/mol. The molecule has 2 rings (SSSR count). The van der Waals surface area contributed by atoms with E-state index < -0.39 is 6.61 Å². The zero-order valence-corrected chi connectivity index (χ0v) is 14.8. The first kappa shape index (κ1) is 19.4. The summed E-state index contributed by atoms with van der Waals surface area (Å²) in [5.41, 5.74) is 1.09. The minimum atomic E-state index is -2.96. The Labute approximate surface area is 154 Å². The second kappa shape index (κ2) is 8.99. The molecular formula is C17H16Cl2F2N2O2. The standard InChI is InChI=1S/C17H16Cl2F2N2O2/c1-23(9-11-6-7-12(18)13(19)8-11)10-16(24)22-14-4-2-3-5-15(14)25-17(20)21/h2-8,17H,9-10H2,1H3,(H,22,24). The highest BCUT2D eigenvalue weighted by molar-refractivity contribution is 6.42. The predicted octanol–water partition coefficient (Wildman–Crippen LogP) is 4.67. The van der Waals surface area contributed by atoms with E-state index in [0.717, 1.165) is 5.56 Å². The number of amides is 1. The molecule has 1 N–H and O–H groups in total. The van der Waals surface area contributed by atoms with E-state index in [-0.39, 0.29) is 23.9 Å². The Morgan fingerprint density at radius 1 is 1.20 bits per heavy atom. The van der Waals surface area contributed by atoms with E-state index in [2.05, 4.69) is 10.1 Å². The summed E-state index contributed by atoms with van der Waals surface area (Å²) in [6.07, 6.45) is 0.